The van der Waals surface area contributed by atoms with E-state index in [0.717, 1.165) is 20.0 Å². The summed E-state index contributed by atoms with van der Waals surface area (Å²) >= 11 is 0. The molecule has 6 heteroatoms. The summed E-state index contributed by atoms with van der Waals surface area (Å²) in [7, 11) is 0.850. The second kappa shape index (κ2) is 4.84. The minimum absolute atomic E-state index is 0.433. The molecule has 16 heavy (non-hydrogen) atoms. The molecule has 0 bridgehead atoms. The first-order valence-corrected chi connectivity index (χ1v) is 5.06. The monoisotopic (exact) mass is 238 g/mol. The highest BCUT2D eigenvalue weighted by Crippen LogP contribution is 2.35. The molecule has 0 saturated heterocycles. The number of carbonyl (C=O) groups is 2. The number of halogens is 3. The van der Waals surface area contributed by atoms with Gasteiger partial charge >= 0.3 is 12.1 Å². The van der Waals surface area contributed by atoms with Crippen molar-refractivity contribution in [2.75, 3.05) is 7.11 Å². The molecule has 0 N–H and O–H groups in total. The molecular formula is C10H13F3O3. The molecule has 1 rings (SSSR count). The van der Waals surface area contributed by atoms with Gasteiger partial charge in [0.15, 0.2) is 5.78 Å². The number of alkyl halides is 3. The summed E-state index contributed by atoms with van der Waals surface area (Å²) in [5, 5.41) is 0. The van der Waals surface area contributed by atoms with Crippen LogP contribution < -0.4 is 0 Å². The standard InChI is InChI=1S/C10H13F3O3/c1-16-9(15)7(10(11,12)13)8(14)6-4-2-3-5-6/h6-7H,2-5H2,1H3. The Balaban J connectivity index is 2.83. The van der Waals surface area contributed by atoms with E-state index < -0.39 is 29.8 Å². The third-order valence-corrected chi connectivity index (χ3v) is 2.81. The number of rotatable bonds is 3. The van der Waals surface area contributed by atoms with Crippen LogP contribution >= 0.6 is 0 Å². The van der Waals surface area contributed by atoms with Crippen LogP contribution in [0.5, 0.6) is 0 Å². The van der Waals surface area contributed by atoms with Gasteiger partial charge in [-0.1, -0.05) is 12.8 Å². The Kier molecular flexibility index (Phi) is 3.93. The summed E-state index contributed by atoms with van der Waals surface area (Å²) in [6.45, 7) is 0. The lowest BCUT2D eigenvalue weighted by atomic mass is 9.91. The highest BCUT2D eigenvalue weighted by molar-refractivity contribution is 6.01. The second-order valence-electron chi connectivity index (χ2n) is 3.88. The Bertz CT molecular complexity index is 280. The number of hydrogen-bond donors (Lipinski definition) is 0. The first-order valence-electron chi connectivity index (χ1n) is 5.06. The van der Waals surface area contributed by atoms with Gasteiger partial charge in [0.25, 0.3) is 0 Å². The third-order valence-electron chi connectivity index (χ3n) is 2.81. The van der Waals surface area contributed by atoms with Gasteiger partial charge in [-0.3, -0.25) is 9.59 Å². The number of ether oxygens (including phenoxy) is 1. The van der Waals surface area contributed by atoms with Crippen molar-refractivity contribution in [3.63, 3.8) is 0 Å². The topological polar surface area (TPSA) is 43.4 Å². The van der Waals surface area contributed by atoms with Gasteiger partial charge in [0.05, 0.1) is 7.11 Å². The Hall–Kier alpha value is -1.07. The maximum Gasteiger partial charge on any atom is 0.409 e. The lowest BCUT2D eigenvalue weighted by Crippen LogP contribution is -2.40. The number of esters is 1. The number of carbonyl (C=O) groups excluding carboxylic acids is 2. The van der Waals surface area contributed by atoms with Gasteiger partial charge < -0.3 is 4.74 Å². The van der Waals surface area contributed by atoms with E-state index in [0.29, 0.717) is 12.8 Å². The molecule has 0 radical (unpaired) electrons. The van der Waals surface area contributed by atoms with E-state index in [1.807, 2.05) is 0 Å². The van der Waals surface area contributed by atoms with Gasteiger partial charge in [-0.05, 0) is 12.8 Å². The van der Waals surface area contributed by atoms with Crippen molar-refractivity contribution in [3.8, 4) is 0 Å². The molecule has 1 aliphatic carbocycles. The van der Waals surface area contributed by atoms with Gasteiger partial charge in [0.2, 0.25) is 5.92 Å². The SMILES string of the molecule is COC(=O)C(C(=O)C1CCCC1)C(F)(F)F. The molecule has 92 valence electrons. The van der Waals surface area contributed by atoms with Crippen molar-refractivity contribution in [2.24, 2.45) is 11.8 Å². The molecule has 1 atom stereocenters. The quantitative estimate of drug-likeness (QED) is 0.558. The number of hydrogen-bond acceptors (Lipinski definition) is 3. The zero-order chi connectivity index (χ0) is 12.3. The van der Waals surface area contributed by atoms with Crippen molar-refractivity contribution in [2.45, 2.75) is 31.9 Å². The van der Waals surface area contributed by atoms with Crippen LogP contribution in [0.15, 0.2) is 0 Å². The Morgan fingerprint density at radius 1 is 1.25 bits per heavy atom. The predicted octanol–water partition coefficient (Wildman–Crippen LogP) is 2.10. The minimum atomic E-state index is -4.85. The van der Waals surface area contributed by atoms with Crippen LogP contribution in [0.4, 0.5) is 13.2 Å². The predicted molar refractivity (Wildman–Crippen MR) is 48.5 cm³/mol. The summed E-state index contributed by atoms with van der Waals surface area (Å²) in [4.78, 5) is 22.6. The molecule has 0 aliphatic heterocycles. The molecule has 1 saturated carbocycles. The third kappa shape index (κ3) is 2.74. The summed E-state index contributed by atoms with van der Waals surface area (Å²) in [6.07, 6.45) is -2.51. The fourth-order valence-electron chi connectivity index (χ4n) is 1.97. The number of methoxy groups -OCH3 is 1. The fraction of sp³-hybridized carbons (Fsp3) is 0.800. The zero-order valence-electron chi connectivity index (χ0n) is 8.84. The molecule has 0 aromatic heterocycles. The average molecular weight is 238 g/mol. The maximum absolute atomic E-state index is 12.5. The largest absolute Gasteiger partial charge is 0.468 e. The van der Waals surface area contributed by atoms with Crippen LogP contribution in [-0.2, 0) is 14.3 Å². The average Bonchev–Trinajstić information content (AvgIpc) is 2.68. The number of ketones is 1. The van der Waals surface area contributed by atoms with E-state index in [9.17, 15) is 22.8 Å². The summed E-state index contributed by atoms with van der Waals surface area (Å²) in [5.74, 6) is -5.81. The molecule has 0 heterocycles. The summed E-state index contributed by atoms with van der Waals surface area (Å²) in [6, 6.07) is 0. The molecule has 0 aromatic rings. The van der Waals surface area contributed by atoms with E-state index in [1.54, 1.807) is 0 Å². The first-order chi connectivity index (χ1) is 7.38. The van der Waals surface area contributed by atoms with E-state index in [1.165, 1.54) is 0 Å². The van der Waals surface area contributed by atoms with Crippen LogP contribution in [0.2, 0.25) is 0 Å². The van der Waals surface area contributed by atoms with E-state index >= 15 is 0 Å². The Labute approximate surface area is 91.0 Å². The van der Waals surface area contributed by atoms with Gasteiger partial charge in [-0.25, -0.2) is 0 Å². The molecule has 0 spiro atoms. The highest BCUT2D eigenvalue weighted by atomic mass is 19.4. The van der Waals surface area contributed by atoms with Crippen molar-refractivity contribution < 1.29 is 27.5 Å². The number of Topliss-reactive ketones (excluding diaryl/α,β-unsaturated/α-hetero) is 1. The lowest BCUT2D eigenvalue weighted by Gasteiger charge is -2.19. The fourth-order valence-corrected chi connectivity index (χ4v) is 1.97. The summed E-state index contributed by atoms with van der Waals surface area (Å²) < 4.78 is 41.7. The van der Waals surface area contributed by atoms with Crippen LogP contribution in [-0.4, -0.2) is 25.0 Å². The molecule has 0 amide bonds. The van der Waals surface area contributed by atoms with Crippen molar-refractivity contribution in [1.29, 1.82) is 0 Å². The van der Waals surface area contributed by atoms with Crippen molar-refractivity contribution in [3.05, 3.63) is 0 Å². The van der Waals surface area contributed by atoms with Gasteiger partial charge in [-0.15, -0.1) is 0 Å². The maximum atomic E-state index is 12.5. The normalized spacial score (nSPS) is 19.5. The van der Waals surface area contributed by atoms with E-state index in [4.69, 9.17) is 0 Å². The zero-order valence-corrected chi connectivity index (χ0v) is 8.84. The molecule has 3 nitrogen and oxygen atoms in total. The van der Waals surface area contributed by atoms with Crippen molar-refractivity contribution in [1.82, 2.24) is 0 Å². The Morgan fingerprint density at radius 2 is 1.75 bits per heavy atom. The highest BCUT2D eigenvalue weighted by Gasteiger charge is 2.52. The molecular weight excluding hydrogens is 225 g/mol. The molecule has 0 aromatic carbocycles. The van der Waals surface area contributed by atoms with Gasteiger partial charge in [0.1, 0.15) is 0 Å². The van der Waals surface area contributed by atoms with Crippen molar-refractivity contribution >= 4 is 11.8 Å². The van der Waals surface area contributed by atoms with Crippen LogP contribution in [0.1, 0.15) is 25.7 Å². The molecule has 1 aliphatic rings. The van der Waals surface area contributed by atoms with Gasteiger partial charge in [-0.2, -0.15) is 13.2 Å². The minimum Gasteiger partial charge on any atom is -0.468 e. The molecule has 1 unspecified atom stereocenters. The van der Waals surface area contributed by atoms with Crippen LogP contribution in [0, 0.1) is 11.8 Å². The molecule has 1 fully saturated rings. The van der Waals surface area contributed by atoms with Crippen LogP contribution in [0.25, 0.3) is 0 Å². The van der Waals surface area contributed by atoms with Gasteiger partial charge in [0, 0.05) is 5.92 Å². The lowest BCUT2D eigenvalue weighted by molar-refractivity contribution is -0.198. The van der Waals surface area contributed by atoms with E-state index in [-0.39, 0.29) is 0 Å². The van der Waals surface area contributed by atoms with E-state index in [2.05, 4.69) is 4.74 Å². The van der Waals surface area contributed by atoms with Crippen LogP contribution in [0.3, 0.4) is 0 Å². The summed E-state index contributed by atoms with van der Waals surface area (Å²) in [5.41, 5.74) is 0. The smallest absolute Gasteiger partial charge is 0.409 e. The Morgan fingerprint density at radius 3 is 2.12 bits per heavy atom. The first kappa shape index (κ1) is 13.0. The second-order valence-corrected chi connectivity index (χ2v) is 3.88.